The minimum Gasteiger partial charge on any atom is -0.465 e. The third kappa shape index (κ3) is 9.15. The summed E-state index contributed by atoms with van der Waals surface area (Å²) in [6, 6.07) is 13.3. The van der Waals surface area contributed by atoms with Crippen molar-refractivity contribution in [3.05, 3.63) is 101 Å². The van der Waals surface area contributed by atoms with Gasteiger partial charge in [-0.2, -0.15) is 0 Å². The number of pyridine rings is 2. The van der Waals surface area contributed by atoms with Crippen molar-refractivity contribution in [2.75, 3.05) is 38.9 Å². The van der Waals surface area contributed by atoms with Gasteiger partial charge in [-0.3, -0.25) is 9.97 Å². The molecule has 3 heterocycles. The van der Waals surface area contributed by atoms with Crippen LogP contribution in [0.5, 0.6) is 0 Å². The van der Waals surface area contributed by atoms with Crippen LogP contribution in [0, 0.1) is 11.6 Å². The Labute approximate surface area is 287 Å². The number of nitrogens with zero attached hydrogens (tertiary/aromatic N) is 2. The van der Waals surface area contributed by atoms with Gasteiger partial charge in [0.05, 0.1) is 48.9 Å². The molecule has 1 fully saturated rings. The fourth-order valence-electron chi connectivity index (χ4n) is 4.33. The van der Waals surface area contributed by atoms with Crippen molar-refractivity contribution in [3.8, 4) is 11.1 Å². The summed E-state index contributed by atoms with van der Waals surface area (Å²) in [5, 5.41) is 5.91. The van der Waals surface area contributed by atoms with Crippen LogP contribution < -0.4 is 16.1 Å². The Hall–Kier alpha value is -4.40. The molecule has 0 bridgehead atoms. The monoisotopic (exact) mass is 726 g/mol. The topological polar surface area (TPSA) is 121 Å². The molecule has 48 heavy (non-hydrogen) atoms. The first kappa shape index (κ1) is 38.1. The zero-order valence-corrected chi connectivity index (χ0v) is 29.6. The van der Waals surface area contributed by atoms with Gasteiger partial charge in [0.15, 0.2) is 0 Å². The summed E-state index contributed by atoms with van der Waals surface area (Å²) in [7, 11) is 5.52. The number of aromatic nitrogens is 2. The van der Waals surface area contributed by atoms with Crippen LogP contribution in [-0.4, -0.2) is 68.5 Å². The average molecular weight is 727 g/mol. The van der Waals surface area contributed by atoms with E-state index in [0.717, 1.165) is 16.4 Å². The first-order valence-electron chi connectivity index (χ1n) is 14.7. The van der Waals surface area contributed by atoms with Gasteiger partial charge in [0.2, 0.25) is 0 Å². The maximum absolute atomic E-state index is 13.7. The number of halogens is 3. The van der Waals surface area contributed by atoms with Gasteiger partial charge in [0.25, 0.3) is 0 Å². The quantitative estimate of drug-likeness (QED) is 0.168. The lowest BCUT2D eigenvalue weighted by Gasteiger charge is -2.32. The smallest absolute Gasteiger partial charge is 0.465 e. The number of methoxy groups -OCH3 is 2. The molecule has 0 spiro atoms. The van der Waals surface area contributed by atoms with Crippen molar-refractivity contribution < 1.29 is 37.2 Å². The lowest BCUT2D eigenvalue weighted by molar-refractivity contribution is 0.00578. The Morgan fingerprint density at radius 1 is 0.750 bits per heavy atom. The second-order valence-electron chi connectivity index (χ2n) is 11.3. The summed E-state index contributed by atoms with van der Waals surface area (Å²) >= 11 is 3.35. The molecule has 1 saturated heterocycles. The summed E-state index contributed by atoms with van der Waals surface area (Å²) in [5.41, 5.74) is 3.04. The highest BCUT2D eigenvalue weighted by molar-refractivity contribution is 9.10. The van der Waals surface area contributed by atoms with Gasteiger partial charge < -0.3 is 29.4 Å². The first-order valence-corrected chi connectivity index (χ1v) is 15.5. The van der Waals surface area contributed by atoms with E-state index in [9.17, 15) is 18.4 Å². The number of carbonyl (C=O) groups excluding carboxylic acids is 2. The molecule has 14 heteroatoms. The van der Waals surface area contributed by atoms with Gasteiger partial charge in [-0.25, -0.2) is 18.4 Å². The molecule has 2 aromatic carbocycles. The second kappa shape index (κ2) is 16.6. The van der Waals surface area contributed by atoms with Crippen LogP contribution in [0.1, 0.15) is 48.4 Å². The lowest BCUT2D eigenvalue weighted by Crippen LogP contribution is -2.41. The van der Waals surface area contributed by atoms with E-state index in [1.54, 1.807) is 62.6 Å². The number of benzene rings is 2. The average Bonchev–Trinajstić information content (AvgIpc) is 3.30. The number of ether oxygens (including phenoxy) is 2. The summed E-state index contributed by atoms with van der Waals surface area (Å²) < 4.78 is 48.9. The summed E-state index contributed by atoms with van der Waals surface area (Å²) in [6.45, 7) is 7.75. The molecule has 0 aliphatic carbocycles. The standard InChI is InChI=1S/C14H13FN2O2.C11H15BFNO2.C9H10BrNO2/c1-16-13-7-9(14(18)19-2)3-4-11(13)10-5-6-17-8-12(10)15;1-10(2)11(3,4)16-12(15-10)8-5-6-14-7-9(8)13;1-11-8-5-6(9(12)13-2)3-4-7(8)10/h3-8,16H,1-2H3;5-7H,1-4H3;3-5,11H,1-2H3. The summed E-state index contributed by atoms with van der Waals surface area (Å²) in [6.07, 6.45) is 5.37. The Balaban J connectivity index is 0.000000199. The van der Waals surface area contributed by atoms with Gasteiger partial charge in [0.1, 0.15) is 11.6 Å². The van der Waals surface area contributed by atoms with E-state index in [1.165, 1.54) is 32.8 Å². The zero-order chi connectivity index (χ0) is 35.6. The van der Waals surface area contributed by atoms with E-state index < -0.39 is 35.9 Å². The molecule has 10 nitrogen and oxygen atoms in total. The van der Waals surface area contributed by atoms with Crippen molar-refractivity contribution in [1.82, 2.24) is 9.97 Å². The minimum absolute atomic E-state index is 0.330. The van der Waals surface area contributed by atoms with Crippen molar-refractivity contribution >= 4 is 51.8 Å². The number of anilines is 2. The van der Waals surface area contributed by atoms with Crippen molar-refractivity contribution in [1.29, 1.82) is 0 Å². The number of hydrogen-bond donors (Lipinski definition) is 2. The number of nitrogens with one attached hydrogen (secondary N) is 2. The molecule has 254 valence electrons. The third-order valence-corrected chi connectivity index (χ3v) is 8.43. The van der Waals surface area contributed by atoms with Crippen LogP contribution in [0.2, 0.25) is 0 Å². The molecular formula is C34H38BBrF2N4O6. The van der Waals surface area contributed by atoms with Gasteiger partial charge in [-0.1, -0.05) is 6.07 Å². The normalized spacial score (nSPS) is 14.0. The fourth-order valence-corrected chi connectivity index (χ4v) is 4.78. The molecule has 4 aromatic rings. The van der Waals surface area contributed by atoms with E-state index in [0.29, 0.717) is 33.4 Å². The highest BCUT2D eigenvalue weighted by atomic mass is 79.9. The predicted molar refractivity (Wildman–Crippen MR) is 185 cm³/mol. The summed E-state index contributed by atoms with van der Waals surface area (Å²) in [5.74, 6) is -1.58. The maximum Gasteiger partial charge on any atom is 0.497 e. The third-order valence-electron chi connectivity index (χ3n) is 7.74. The molecule has 0 amide bonds. The highest BCUT2D eigenvalue weighted by Crippen LogP contribution is 2.36. The molecule has 5 rings (SSSR count). The molecular weight excluding hydrogens is 689 g/mol. The van der Waals surface area contributed by atoms with Crippen molar-refractivity contribution in [3.63, 3.8) is 0 Å². The lowest BCUT2D eigenvalue weighted by atomic mass is 9.79. The molecule has 2 aromatic heterocycles. The van der Waals surface area contributed by atoms with E-state index in [2.05, 4.69) is 46.0 Å². The van der Waals surface area contributed by atoms with E-state index in [-0.39, 0.29) is 5.97 Å². The first-order chi connectivity index (χ1) is 22.7. The predicted octanol–water partition coefficient (Wildman–Crippen LogP) is 6.51. The molecule has 1 aliphatic rings. The maximum atomic E-state index is 13.7. The van der Waals surface area contributed by atoms with E-state index >= 15 is 0 Å². The molecule has 0 radical (unpaired) electrons. The van der Waals surface area contributed by atoms with Crippen LogP contribution >= 0.6 is 15.9 Å². The SMILES string of the molecule is CC1(C)OB(c2ccncc2F)OC1(C)C.CNc1cc(C(=O)OC)ccc1-c1ccncc1F.CNc1cc(C(=O)OC)ccc1Br. The van der Waals surface area contributed by atoms with Gasteiger partial charge in [-0.05, 0) is 86.1 Å². The van der Waals surface area contributed by atoms with Crippen molar-refractivity contribution in [2.24, 2.45) is 0 Å². The van der Waals surface area contributed by atoms with Crippen LogP contribution in [0.15, 0.2) is 77.8 Å². The van der Waals surface area contributed by atoms with Gasteiger partial charge >= 0.3 is 19.1 Å². The summed E-state index contributed by atoms with van der Waals surface area (Å²) in [4.78, 5) is 30.0. The van der Waals surface area contributed by atoms with Crippen LogP contribution in [0.25, 0.3) is 11.1 Å². The van der Waals surface area contributed by atoms with Crippen LogP contribution in [0.4, 0.5) is 20.2 Å². The second-order valence-corrected chi connectivity index (χ2v) is 12.1. The molecule has 2 N–H and O–H groups in total. The Kier molecular flexibility index (Phi) is 13.2. The van der Waals surface area contributed by atoms with Crippen LogP contribution in [-0.2, 0) is 18.8 Å². The molecule has 0 saturated carbocycles. The fraction of sp³-hybridized carbons (Fsp3) is 0.294. The number of carbonyl (C=O) groups is 2. The van der Waals surface area contributed by atoms with E-state index in [4.69, 9.17) is 9.31 Å². The zero-order valence-electron chi connectivity index (χ0n) is 28.0. The Morgan fingerprint density at radius 2 is 1.25 bits per heavy atom. The van der Waals surface area contributed by atoms with Crippen LogP contribution in [0.3, 0.4) is 0 Å². The number of rotatable bonds is 6. The number of esters is 2. The van der Waals surface area contributed by atoms with Crippen molar-refractivity contribution in [2.45, 2.75) is 38.9 Å². The van der Waals surface area contributed by atoms with E-state index in [1.807, 2.05) is 27.7 Å². The van der Waals surface area contributed by atoms with Gasteiger partial charge in [0, 0.05) is 58.9 Å². The Bertz CT molecular complexity index is 1730. The van der Waals surface area contributed by atoms with Gasteiger partial charge in [-0.15, -0.1) is 0 Å². The highest BCUT2D eigenvalue weighted by Gasteiger charge is 2.52. The molecule has 1 aliphatic heterocycles. The largest absolute Gasteiger partial charge is 0.497 e. The Morgan fingerprint density at radius 3 is 1.75 bits per heavy atom. The molecule has 0 unspecified atom stereocenters. The molecule has 0 atom stereocenters. The minimum atomic E-state index is -0.659. The number of hydrogen-bond acceptors (Lipinski definition) is 10.